The molecule has 0 saturated carbocycles. The van der Waals surface area contributed by atoms with Crippen molar-refractivity contribution in [2.45, 2.75) is 84.4 Å². The molecule has 0 bridgehead atoms. The summed E-state index contributed by atoms with van der Waals surface area (Å²) in [7, 11) is 0. The Hall–Kier alpha value is -2.08. The van der Waals surface area contributed by atoms with Crippen LogP contribution in [-0.4, -0.2) is 54.2 Å². The van der Waals surface area contributed by atoms with Crippen LogP contribution in [0.25, 0.3) is 0 Å². The van der Waals surface area contributed by atoms with Gasteiger partial charge in [0.1, 0.15) is 5.60 Å². The van der Waals surface area contributed by atoms with Gasteiger partial charge in [0.05, 0.1) is 6.04 Å². The second-order valence-corrected chi connectivity index (χ2v) is 9.88. The molecule has 174 valence electrons. The zero-order valence-electron chi connectivity index (χ0n) is 19.9. The maximum absolute atomic E-state index is 12.8. The number of ether oxygens (including phenoxy) is 1. The molecule has 1 aliphatic rings. The Bertz CT molecular complexity index is 685. The molecule has 0 spiro atoms. The SMILES string of the molecule is CC(C)[C@@H](CN1CCC[C@H]1C(=O)NCCCCc1ccccc1)NC(=O)OC(C)(C)C. The van der Waals surface area contributed by atoms with Crippen molar-refractivity contribution in [1.82, 2.24) is 15.5 Å². The Morgan fingerprint density at radius 1 is 1.16 bits per heavy atom. The van der Waals surface area contributed by atoms with Crippen molar-refractivity contribution in [3.05, 3.63) is 35.9 Å². The molecule has 0 aliphatic carbocycles. The fourth-order valence-corrected chi connectivity index (χ4v) is 3.90. The first-order chi connectivity index (χ1) is 14.7. The lowest BCUT2D eigenvalue weighted by atomic mass is 10.0. The number of hydrogen-bond acceptors (Lipinski definition) is 4. The van der Waals surface area contributed by atoms with Gasteiger partial charge in [0, 0.05) is 19.1 Å². The van der Waals surface area contributed by atoms with E-state index in [0.29, 0.717) is 13.1 Å². The highest BCUT2D eigenvalue weighted by molar-refractivity contribution is 5.82. The third kappa shape index (κ3) is 9.30. The van der Waals surface area contributed by atoms with Crippen molar-refractivity contribution in [2.75, 3.05) is 19.6 Å². The predicted octanol–water partition coefficient (Wildman–Crippen LogP) is 4.14. The molecular formula is C25H41N3O3. The molecule has 1 aromatic carbocycles. The van der Waals surface area contributed by atoms with Crippen LogP contribution in [0, 0.1) is 5.92 Å². The number of carbonyl (C=O) groups is 2. The van der Waals surface area contributed by atoms with Crippen LogP contribution in [0.4, 0.5) is 4.79 Å². The lowest BCUT2D eigenvalue weighted by Gasteiger charge is -2.31. The van der Waals surface area contributed by atoms with Gasteiger partial charge in [0.15, 0.2) is 0 Å². The summed E-state index contributed by atoms with van der Waals surface area (Å²) in [5, 5.41) is 6.12. The van der Waals surface area contributed by atoms with Crippen LogP contribution in [-0.2, 0) is 16.0 Å². The lowest BCUT2D eigenvalue weighted by Crippen LogP contribution is -2.52. The van der Waals surface area contributed by atoms with Gasteiger partial charge in [-0.05, 0) is 70.9 Å². The fraction of sp³-hybridized carbons (Fsp3) is 0.680. The van der Waals surface area contributed by atoms with Crippen molar-refractivity contribution in [1.29, 1.82) is 0 Å². The summed E-state index contributed by atoms with van der Waals surface area (Å²) >= 11 is 0. The number of alkyl carbamates (subject to hydrolysis) is 1. The van der Waals surface area contributed by atoms with Crippen LogP contribution >= 0.6 is 0 Å². The third-order valence-electron chi connectivity index (χ3n) is 5.64. The maximum Gasteiger partial charge on any atom is 0.407 e. The first kappa shape index (κ1) is 25.2. The predicted molar refractivity (Wildman–Crippen MR) is 125 cm³/mol. The number of rotatable bonds is 10. The molecule has 1 saturated heterocycles. The number of unbranched alkanes of at least 4 members (excludes halogenated alkanes) is 1. The summed E-state index contributed by atoms with van der Waals surface area (Å²) in [6.07, 6.45) is 4.55. The van der Waals surface area contributed by atoms with Crippen LogP contribution in [0.15, 0.2) is 30.3 Å². The highest BCUT2D eigenvalue weighted by atomic mass is 16.6. The van der Waals surface area contributed by atoms with E-state index in [4.69, 9.17) is 4.74 Å². The van der Waals surface area contributed by atoms with Gasteiger partial charge < -0.3 is 15.4 Å². The monoisotopic (exact) mass is 431 g/mol. The van der Waals surface area contributed by atoms with E-state index in [0.717, 1.165) is 38.6 Å². The molecule has 1 aromatic rings. The molecule has 6 nitrogen and oxygen atoms in total. The number of nitrogens with zero attached hydrogens (tertiary/aromatic N) is 1. The zero-order valence-corrected chi connectivity index (χ0v) is 19.9. The van der Waals surface area contributed by atoms with E-state index in [-0.39, 0.29) is 23.9 Å². The minimum atomic E-state index is -0.526. The Morgan fingerprint density at radius 2 is 1.87 bits per heavy atom. The van der Waals surface area contributed by atoms with Crippen LogP contribution in [0.2, 0.25) is 0 Å². The summed E-state index contributed by atoms with van der Waals surface area (Å²) in [4.78, 5) is 27.2. The van der Waals surface area contributed by atoms with E-state index in [2.05, 4.69) is 53.6 Å². The largest absolute Gasteiger partial charge is 0.444 e. The first-order valence-electron chi connectivity index (χ1n) is 11.7. The molecule has 2 atom stereocenters. The molecule has 1 aliphatic heterocycles. The van der Waals surface area contributed by atoms with Gasteiger partial charge >= 0.3 is 6.09 Å². The number of carbonyl (C=O) groups excluding carboxylic acids is 2. The zero-order chi connectivity index (χ0) is 22.9. The Balaban J connectivity index is 1.77. The summed E-state index contributed by atoms with van der Waals surface area (Å²) in [6, 6.07) is 10.3. The fourth-order valence-electron chi connectivity index (χ4n) is 3.90. The number of aryl methyl sites for hydroxylation is 1. The molecular weight excluding hydrogens is 390 g/mol. The topological polar surface area (TPSA) is 70.7 Å². The number of likely N-dealkylation sites (tertiary alicyclic amines) is 1. The summed E-state index contributed by atoms with van der Waals surface area (Å²) < 4.78 is 5.42. The molecule has 0 unspecified atom stereocenters. The average Bonchev–Trinajstić information content (AvgIpc) is 3.14. The van der Waals surface area contributed by atoms with Gasteiger partial charge in [0.2, 0.25) is 5.91 Å². The van der Waals surface area contributed by atoms with Crippen LogP contribution in [0.1, 0.15) is 65.9 Å². The number of benzene rings is 1. The molecule has 1 fully saturated rings. The van der Waals surface area contributed by atoms with Gasteiger partial charge in [0.25, 0.3) is 0 Å². The molecule has 2 N–H and O–H groups in total. The minimum Gasteiger partial charge on any atom is -0.444 e. The normalized spacial score (nSPS) is 18.1. The molecule has 2 rings (SSSR count). The number of nitrogens with one attached hydrogen (secondary N) is 2. The van der Waals surface area contributed by atoms with E-state index in [1.54, 1.807) is 0 Å². The smallest absolute Gasteiger partial charge is 0.407 e. The van der Waals surface area contributed by atoms with E-state index in [9.17, 15) is 9.59 Å². The van der Waals surface area contributed by atoms with Crippen LogP contribution in [0.3, 0.4) is 0 Å². The van der Waals surface area contributed by atoms with Crippen LogP contribution in [0.5, 0.6) is 0 Å². The first-order valence-corrected chi connectivity index (χ1v) is 11.7. The van der Waals surface area contributed by atoms with E-state index in [1.807, 2.05) is 26.8 Å². The van der Waals surface area contributed by atoms with Gasteiger partial charge in [-0.2, -0.15) is 0 Å². The maximum atomic E-state index is 12.8. The van der Waals surface area contributed by atoms with Gasteiger partial charge in [-0.3, -0.25) is 9.69 Å². The Kier molecular flexibility index (Phi) is 9.82. The van der Waals surface area contributed by atoms with Crippen molar-refractivity contribution in [2.24, 2.45) is 5.92 Å². The molecule has 31 heavy (non-hydrogen) atoms. The second kappa shape index (κ2) is 12.1. The molecule has 0 radical (unpaired) electrons. The standard InChI is InChI=1S/C25H41N3O3/c1-19(2)21(27-24(30)31-25(3,4)5)18-28-17-11-15-22(28)23(29)26-16-10-9-14-20-12-7-6-8-13-20/h6-8,12-13,19,21-22H,9-11,14-18H2,1-5H3,(H,26,29)(H,27,30)/t21-,22+/m1/s1. The highest BCUT2D eigenvalue weighted by Gasteiger charge is 2.33. The van der Waals surface area contributed by atoms with E-state index in [1.165, 1.54) is 5.56 Å². The van der Waals surface area contributed by atoms with Gasteiger partial charge in [-0.15, -0.1) is 0 Å². The van der Waals surface area contributed by atoms with Crippen molar-refractivity contribution in [3.8, 4) is 0 Å². The van der Waals surface area contributed by atoms with Crippen LogP contribution < -0.4 is 10.6 Å². The number of hydrogen-bond donors (Lipinski definition) is 2. The average molecular weight is 432 g/mol. The molecule has 0 aromatic heterocycles. The van der Waals surface area contributed by atoms with Gasteiger partial charge in [-0.1, -0.05) is 44.2 Å². The van der Waals surface area contributed by atoms with Crippen molar-refractivity contribution < 1.29 is 14.3 Å². The second-order valence-electron chi connectivity index (χ2n) is 9.88. The molecule has 1 heterocycles. The summed E-state index contributed by atoms with van der Waals surface area (Å²) in [6.45, 7) is 12.0. The minimum absolute atomic E-state index is 0.0610. The molecule has 2 amide bonds. The van der Waals surface area contributed by atoms with E-state index >= 15 is 0 Å². The molecule has 6 heteroatoms. The quantitative estimate of drug-likeness (QED) is 0.546. The summed E-state index contributed by atoms with van der Waals surface area (Å²) in [5.41, 5.74) is 0.815. The van der Waals surface area contributed by atoms with Gasteiger partial charge in [-0.25, -0.2) is 4.79 Å². The number of amides is 2. The van der Waals surface area contributed by atoms with Crippen molar-refractivity contribution >= 4 is 12.0 Å². The van der Waals surface area contributed by atoms with E-state index < -0.39 is 11.7 Å². The Morgan fingerprint density at radius 3 is 2.52 bits per heavy atom. The van der Waals surface area contributed by atoms with Crippen molar-refractivity contribution in [3.63, 3.8) is 0 Å². The lowest BCUT2D eigenvalue weighted by molar-refractivity contribution is -0.125. The summed E-state index contributed by atoms with van der Waals surface area (Å²) in [5.74, 6) is 0.354. The third-order valence-corrected chi connectivity index (χ3v) is 5.64. The highest BCUT2D eigenvalue weighted by Crippen LogP contribution is 2.20. The Labute approximate surface area is 188 Å².